The van der Waals surface area contributed by atoms with Crippen molar-refractivity contribution in [1.29, 1.82) is 0 Å². The summed E-state index contributed by atoms with van der Waals surface area (Å²) in [6.45, 7) is 5.49. The first kappa shape index (κ1) is 15.2. The Morgan fingerprint density at radius 1 is 1.35 bits per heavy atom. The lowest BCUT2D eigenvalue weighted by Gasteiger charge is -2.31. The minimum Gasteiger partial charge on any atom is -0.388 e. The summed E-state index contributed by atoms with van der Waals surface area (Å²) in [6.07, 6.45) is 9.58. The molecule has 1 heterocycles. The Morgan fingerprint density at radius 3 is 2.60 bits per heavy atom. The molecule has 0 unspecified atom stereocenters. The summed E-state index contributed by atoms with van der Waals surface area (Å²) in [5.74, 6) is 1.54. The highest BCUT2D eigenvalue weighted by Crippen LogP contribution is 2.29. The molecule has 1 aromatic rings. The fraction of sp³-hybridized carbons (Fsp3) is 0.667. The van der Waals surface area contributed by atoms with Gasteiger partial charge in [0.15, 0.2) is 5.82 Å². The van der Waals surface area contributed by atoms with Crippen molar-refractivity contribution in [2.75, 3.05) is 11.4 Å². The van der Waals surface area contributed by atoms with Crippen molar-refractivity contribution in [3.05, 3.63) is 18.1 Å². The van der Waals surface area contributed by atoms with Crippen LogP contribution in [0.15, 0.2) is 12.4 Å². The van der Waals surface area contributed by atoms with Crippen LogP contribution in [0.5, 0.6) is 0 Å². The molecular formula is C15H24N4S. The Morgan fingerprint density at radius 2 is 2.00 bits per heavy atom. The molecule has 1 saturated carbocycles. The van der Waals surface area contributed by atoms with Gasteiger partial charge in [0, 0.05) is 25.0 Å². The van der Waals surface area contributed by atoms with Gasteiger partial charge >= 0.3 is 0 Å². The van der Waals surface area contributed by atoms with Gasteiger partial charge in [-0.25, -0.2) is 9.97 Å². The molecule has 0 aromatic carbocycles. The van der Waals surface area contributed by atoms with E-state index in [4.69, 9.17) is 18.0 Å². The van der Waals surface area contributed by atoms with E-state index in [1.54, 1.807) is 12.4 Å². The molecule has 2 rings (SSSR count). The second-order valence-corrected chi connectivity index (χ2v) is 6.35. The molecular weight excluding hydrogens is 268 g/mol. The molecule has 20 heavy (non-hydrogen) atoms. The predicted molar refractivity (Wildman–Crippen MR) is 87.0 cm³/mol. The van der Waals surface area contributed by atoms with E-state index < -0.39 is 0 Å². The fourth-order valence-electron chi connectivity index (χ4n) is 2.79. The summed E-state index contributed by atoms with van der Waals surface area (Å²) in [5, 5.41) is 0. The standard InChI is InChI=1S/C15H24N4S/c1-11(2)7-10-19(12-5-3-4-6-12)15-13(14(16)20)17-8-9-18-15/h8-9,11-12H,3-7,10H2,1-2H3,(H2,16,20). The molecule has 0 aliphatic heterocycles. The van der Waals surface area contributed by atoms with Gasteiger partial charge in [-0.15, -0.1) is 0 Å². The van der Waals surface area contributed by atoms with E-state index in [0.717, 1.165) is 18.8 Å². The van der Waals surface area contributed by atoms with Crippen molar-refractivity contribution in [2.45, 2.75) is 52.0 Å². The van der Waals surface area contributed by atoms with Crippen LogP contribution in [0.3, 0.4) is 0 Å². The van der Waals surface area contributed by atoms with Crippen LogP contribution >= 0.6 is 12.2 Å². The average Bonchev–Trinajstić information content (AvgIpc) is 2.93. The van der Waals surface area contributed by atoms with E-state index >= 15 is 0 Å². The number of nitrogens with zero attached hydrogens (tertiary/aromatic N) is 3. The van der Waals surface area contributed by atoms with E-state index in [-0.39, 0.29) is 0 Å². The zero-order valence-electron chi connectivity index (χ0n) is 12.4. The van der Waals surface area contributed by atoms with E-state index in [0.29, 0.717) is 22.6 Å². The maximum absolute atomic E-state index is 5.81. The molecule has 1 aliphatic rings. The fourth-order valence-corrected chi connectivity index (χ4v) is 2.93. The summed E-state index contributed by atoms with van der Waals surface area (Å²) < 4.78 is 0. The summed E-state index contributed by atoms with van der Waals surface area (Å²) in [6, 6.07) is 0.554. The third kappa shape index (κ3) is 3.66. The maximum atomic E-state index is 5.81. The van der Waals surface area contributed by atoms with Crippen LogP contribution in [-0.2, 0) is 0 Å². The Hall–Kier alpha value is -1.23. The highest BCUT2D eigenvalue weighted by Gasteiger charge is 2.26. The lowest BCUT2D eigenvalue weighted by Crippen LogP contribution is -2.37. The van der Waals surface area contributed by atoms with Gasteiger partial charge in [-0.2, -0.15) is 0 Å². The number of thiocarbonyl (C=S) groups is 1. The second kappa shape index (κ2) is 6.97. The summed E-state index contributed by atoms with van der Waals surface area (Å²) in [4.78, 5) is 11.6. The average molecular weight is 292 g/mol. The number of anilines is 1. The van der Waals surface area contributed by atoms with Crippen LogP contribution in [0, 0.1) is 5.92 Å². The van der Waals surface area contributed by atoms with E-state index in [1.165, 1.54) is 25.7 Å². The highest BCUT2D eigenvalue weighted by molar-refractivity contribution is 7.80. The van der Waals surface area contributed by atoms with Crippen molar-refractivity contribution in [1.82, 2.24) is 9.97 Å². The second-order valence-electron chi connectivity index (χ2n) is 5.91. The molecule has 4 nitrogen and oxygen atoms in total. The monoisotopic (exact) mass is 292 g/mol. The first-order valence-electron chi connectivity index (χ1n) is 7.47. The Kier molecular flexibility index (Phi) is 5.29. The van der Waals surface area contributed by atoms with Gasteiger partial charge in [-0.05, 0) is 25.2 Å². The van der Waals surface area contributed by atoms with Gasteiger partial charge in [0.1, 0.15) is 10.7 Å². The highest BCUT2D eigenvalue weighted by atomic mass is 32.1. The van der Waals surface area contributed by atoms with Gasteiger partial charge in [-0.3, -0.25) is 0 Å². The summed E-state index contributed by atoms with van der Waals surface area (Å²) >= 11 is 5.13. The lowest BCUT2D eigenvalue weighted by atomic mass is 10.1. The number of nitrogens with two attached hydrogens (primary N) is 1. The lowest BCUT2D eigenvalue weighted by molar-refractivity contribution is 0.524. The third-order valence-electron chi connectivity index (χ3n) is 3.90. The van der Waals surface area contributed by atoms with Crippen molar-refractivity contribution in [3.8, 4) is 0 Å². The van der Waals surface area contributed by atoms with Crippen LogP contribution in [0.4, 0.5) is 5.82 Å². The van der Waals surface area contributed by atoms with Crippen LogP contribution in [0.1, 0.15) is 51.6 Å². The summed E-state index contributed by atoms with van der Waals surface area (Å²) in [5.41, 5.74) is 6.47. The number of aromatic nitrogens is 2. The third-order valence-corrected chi connectivity index (χ3v) is 4.09. The zero-order chi connectivity index (χ0) is 14.5. The molecule has 0 spiro atoms. The molecule has 1 aromatic heterocycles. The van der Waals surface area contributed by atoms with Crippen molar-refractivity contribution < 1.29 is 0 Å². The maximum Gasteiger partial charge on any atom is 0.157 e. The van der Waals surface area contributed by atoms with E-state index in [9.17, 15) is 0 Å². The minimum atomic E-state index is 0.334. The van der Waals surface area contributed by atoms with E-state index in [2.05, 4.69) is 28.7 Å². The van der Waals surface area contributed by atoms with Gasteiger partial charge < -0.3 is 10.6 Å². The molecule has 0 amide bonds. The van der Waals surface area contributed by atoms with Crippen molar-refractivity contribution >= 4 is 23.0 Å². The molecule has 0 radical (unpaired) electrons. The molecule has 0 atom stereocenters. The molecule has 0 bridgehead atoms. The number of hydrogen-bond acceptors (Lipinski definition) is 4. The predicted octanol–water partition coefficient (Wildman–Crippen LogP) is 2.91. The van der Waals surface area contributed by atoms with Crippen LogP contribution < -0.4 is 10.6 Å². The molecule has 1 fully saturated rings. The SMILES string of the molecule is CC(C)CCN(c1nccnc1C(N)=S)C1CCCC1. The largest absolute Gasteiger partial charge is 0.388 e. The van der Waals surface area contributed by atoms with Gasteiger partial charge in [0.25, 0.3) is 0 Å². The summed E-state index contributed by atoms with van der Waals surface area (Å²) in [7, 11) is 0. The molecule has 5 heteroatoms. The molecule has 2 N–H and O–H groups in total. The Bertz CT molecular complexity index is 455. The Balaban J connectivity index is 2.27. The number of hydrogen-bond donors (Lipinski definition) is 1. The van der Waals surface area contributed by atoms with E-state index in [1.807, 2.05) is 0 Å². The molecule has 1 aliphatic carbocycles. The first-order valence-corrected chi connectivity index (χ1v) is 7.88. The molecule has 110 valence electrons. The topological polar surface area (TPSA) is 55.0 Å². The van der Waals surface area contributed by atoms with Crippen LogP contribution in [0.25, 0.3) is 0 Å². The van der Waals surface area contributed by atoms with Crippen LogP contribution in [0.2, 0.25) is 0 Å². The smallest absolute Gasteiger partial charge is 0.157 e. The normalized spacial score (nSPS) is 15.8. The minimum absolute atomic E-state index is 0.334. The van der Waals surface area contributed by atoms with Gasteiger partial charge in [0.2, 0.25) is 0 Å². The zero-order valence-corrected chi connectivity index (χ0v) is 13.2. The first-order chi connectivity index (χ1) is 9.59. The van der Waals surface area contributed by atoms with Crippen LogP contribution in [-0.4, -0.2) is 27.5 Å². The van der Waals surface area contributed by atoms with Gasteiger partial charge in [-0.1, -0.05) is 38.9 Å². The van der Waals surface area contributed by atoms with Crippen molar-refractivity contribution in [2.24, 2.45) is 11.7 Å². The van der Waals surface area contributed by atoms with Crippen molar-refractivity contribution in [3.63, 3.8) is 0 Å². The number of rotatable bonds is 6. The molecule has 0 saturated heterocycles. The van der Waals surface area contributed by atoms with Gasteiger partial charge in [0.05, 0.1) is 0 Å². The Labute approximate surface area is 126 Å². The quantitative estimate of drug-likeness (QED) is 0.817.